The van der Waals surface area contributed by atoms with Crippen LogP contribution in [0.1, 0.15) is 6.85 Å². The average molecular weight is 642 g/mol. The van der Waals surface area contributed by atoms with Crippen LogP contribution in [-0.2, 0) is 0 Å². The first-order chi connectivity index (χ1) is 26.9. The van der Waals surface area contributed by atoms with E-state index in [1.807, 2.05) is 34.9 Å². The van der Waals surface area contributed by atoms with Crippen molar-refractivity contribution in [2.75, 3.05) is 0 Å². The molecule has 0 amide bonds. The summed E-state index contributed by atoms with van der Waals surface area (Å²) in [4.78, 5) is 0. The van der Waals surface area contributed by atoms with Crippen molar-refractivity contribution in [3.05, 3.63) is 194 Å². The van der Waals surface area contributed by atoms with E-state index in [9.17, 15) is 0 Å². The van der Waals surface area contributed by atoms with Crippen molar-refractivity contribution >= 4 is 43.6 Å². The van der Waals surface area contributed by atoms with E-state index in [0.29, 0.717) is 0 Å². The highest BCUT2D eigenvalue weighted by atomic mass is 15.0. The summed E-state index contributed by atoms with van der Waals surface area (Å²) in [5.74, 6) is 0. The highest BCUT2D eigenvalue weighted by molar-refractivity contribution is 6.18. The van der Waals surface area contributed by atoms with Crippen molar-refractivity contribution in [2.24, 2.45) is 0 Å². The normalized spacial score (nSPS) is 13.0. The molecule has 0 aliphatic heterocycles. The second kappa shape index (κ2) is 11.5. The fourth-order valence-corrected chi connectivity index (χ4v) is 7.76. The maximum atomic E-state index is 8.83. The third-order valence-corrected chi connectivity index (χ3v) is 9.83. The van der Waals surface area contributed by atoms with Crippen LogP contribution in [0.2, 0.25) is 0 Å². The zero-order chi connectivity index (χ0) is 37.4. The molecule has 10 aromatic rings. The first-order valence-electron chi connectivity index (χ1n) is 19.3. The first kappa shape index (κ1) is 23.6. The Balaban J connectivity index is 1.27. The first-order valence-corrected chi connectivity index (χ1v) is 16.8. The summed E-state index contributed by atoms with van der Waals surface area (Å²) in [6.45, 7) is 0. The number of hydrogen-bond donors (Lipinski definition) is 0. The Morgan fingerprint density at radius 1 is 0.360 bits per heavy atom. The SMILES string of the molecule is [2H]c1c([2H])c([2H])c(-n2c3ccccc3c3cc(-n4c5ccccc5c5c(-c6c(-c7ccccc7)cccc6-c6ccccc6)cccc54)ccc32)c([2H])c1[2H]. The lowest BCUT2D eigenvalue weighted by molar-refractivity contribution is 1.17. The molecule has 234 valence electrons. The third kappa shape index (κ3) is 4.36. The van der Waals surface area contributed by atoms with E-state index in [1.165, 1.54) is 5.56 Å². The van der Waals surface area contributed by atoms with Crippen LogP contribution in [0.25, 0.3) is 88.4 Å². The van der Waals surface area contributed by atoms with Gasteiger partial charge in [0.05, 0.1) is 28.9 Å². The molecule has 10 rings (SSSR count). The number of hydrogen-bond acceptors (Lipinski definition) is 0. The predicted octanol–water partition coefficient (Wildman–Crippen LogP) is 12.9. The molecule has 0 fully saturated rings. The molecule has 0 aliphatic rings. The second-order valence-corrected chi connectivity index (χ2v) is 12.5. The van der Waals surface area contributed by atoms with Crippen molar-refractivity contribution in [3.63, 3.8) is 0 Å². The van der Waals surface area contributed by atoms with E-state index in [-0.39, 0.29) is 29.9 Å². The van der Waals surface area contributed by atoms with E-state index in [0.717, 1.165) is 77.1 Å². The van der Waals surface area contributed by atoms with E-state index in [2.05, 4.69) is 138 Å². The quantitative estimate of drug-likeness (QED) is 0.177. The number of benzene rings is 8. The standard InChI is InChI=1S/C48H32N2/c1-4-16-33(17-5-1)37-24-14-25-38(34-18-6-2-7-19-34)47(37)41-26-15-29-46-48(41)40-23-11-13-28-44(40)50(46)36-30-31-45-42(32-36)39-22-10-12-27-43(39)49(45)35-20-8-3-9-21-35/h1-32H/i3D,8D,9D,20D,21D. The molecule has 0 N–H and O–H groups in total. The molecule has 0 saturated heterocycles. The van der Waals surface area contributed by atoms with Gasteiger partial charge in [0.25, 0.3) is 0 Å². The molecular weight excluding hydrogens is 605 g/mol. The van der Waals surface area contributed by atoms with Gasteiger partial charge in [-0.15, -0.1) is 0 Å². The minimum absolute atomic E-state index is 0.137. The lowest BCUT2D eigenvalue weighted by Crippen LogP contribution is -1.96. The fraction of sp³-hybridized carbons (Fsp3) is 0. The summed E-state index contributed by atoms with van der Waals surface area (Å²) in [5, 5.41) is 4.14. The maximum Gasteiger partial charge on any atom is 0.0645 e. The molecule has 2 aromatic heterocycles. The lowest BCUT2D eigenvalue weighted by Gasteiger charge is -2.18. The Hall–Kier alpha value is -6.64. The van der Waals surface area contributed by atoms with Crippen LogP contribution in [0.15, 0.2) is 194 Å². The Kier molecular flexibility index (Phi) is 5.44. The lowest BCUT2D eigenvalue weighted by atomic mass is 9.86. The van der Waals surface area contributed by atoms with Crippen LogP contribution in [0.4, 0.5) is 0 Å². The van der Waals surface area contributed by atoms with Gasteiger partial charge in [-0.1, -0.05) is 146 Å². The van der Waals surface area contributed by atoms with Gasteiger partial charge in [-0.2, -0.15) is 0 Å². The van der Waals surface area contributed by atoms with Crippen molar-refractivity contribution in [1.82, 2.24) is 9.13 Å². The van der Waals surface area contributed by atoms with E-state index in [1.54, 1.807) is 0 Å². The van der Waals surface area contributed by atoms with E-state index in [4.69, 9.17) is 6.85 Å². The zero-order valence-electron chi connectivity index (χ0n) is 32.0. The molecule has 0 atom stereocenters. The largest absolute Gasteiger partial charge is 0.309 e. The number of fused-ring (bicyclic) bond motifs is 6. The summed E-state index contributed by atoms with van der Waals surface area (Å²) in [7, 11) is 0. The molecule has 2 heterocycles. The number of aromatic nitrogens is 2. The highest BCUT2D eigenvalue weighted by Crippen LogP contribution is 2.46. The Labute approximate surface area is 297 Å². The van der Waals surface area contributed by atoms with Crippen molar-refractivity contribution < 1.29 is 6.85 Å². The maximum absolute atomic E-state index is 8.83. The van der Waals surface area contributed by atoms with Gasteiger partial charge in [0, 0.05) is 32.9 Å². The second-order valence-electron chi connectivity index (χ2n) is 12.5. The van der Waals surface area contributed by atoms with Crippen LogP contribution in [0.3, 0.4) is 0 Å². The molecule has 0 bridgehead atoms. The molecule has 0 aliphatic carbocycles. The Bertz CT molecular complexity index is 3060. The monoisotopic (exact) mass is 641 g/mol. The van der Waals surface area contributed by atoms with Crippen LogP contribution >= 0.6 is 0 Å². The van der Waals surface area contributed by atoms with E-state index < -0.39 is 6.04 Å². The van der Waals surface area contributed by atoms with Gasteiger partial charge >= 0.3 is 0 Å². The molecule has 2 nitrogen and oxygen atoms in total. The van der Waals surface area contributed by atoms with Crippen LogP contribution < -0.4 is 0 Å². The molecule has 0 unspecified atom stereocenters. The van der Waals surface area contributed by atoms with Gasteiger partial charge in [0.1, 0.15) is 0 Å². The molecule has 50 heavy (non-hydrogen) atoms. The predicted molar refractivity (Wildman–Crippen MR) is 211 cm³/mol. The molecule has 0 saturated carbocycles. The van der Waals surface area contributed by atoms with Gasteiger partial charge in [0.2, 0.25) is 0 Å². The summed E-state index contributed by atoms with van der Waals surface area (Å²) in [6.07, 6.45) is 0. The zero-order valence-corrected chi connectivity index (χ0v) is 27.0. The Morgan fingerprint density at radius 3 is 1.58 bits per heavy atom. The molecule has 0 radical (unpaired) electrons. The molecule has 8 aromatic carbocycles. The van der Waals surface area contributed by atoms with Crippen molar-refractivity contribution in [1.29, 1.82) is 0 Å². The highest BCUT2D eigenvalue weighted by Gasteiger charge is 2.21. The van der Waals surface area contributed by atoms with Gasteiger partial charge in [-0.05, 0) is 81.9 Å². The molecular formula is C48H32N2. The van der Waals surface area contributed by atoms with Crippen molar-refractivity contribution in [3.8, 4) is 44.8 Å². The molecule has 0 spiro atoms. The summed E-state index contributed by atoms with van der Waals surface area (Å²) in [6, 6.07) is 55.4. The van der Waals surface area contributed by atoms with E-state index >= 15 is 0 Å². The fourth-order valence-electron chi connectivity index (χ4n) is 7.76. The average Bonchev–Trinajstić information content (AvgIpc) is 3.75. The minimum atomic E-state index is -0.408. The van der Waals surface area contributed by atoms with Crippen molar-refractivity contribution in [2.45, 2.75) is 0 Å². The summed E-state index contributed by atoms with van der Waals surface area (Å²) < 4.78 is 46.8. The van der Waals surface area contributed by atoms with Gasteiger partial charge in [0.15, 0.2) is 0 Å². The van der Waals surface area contributed by atoms with Gasteiger partial charge in [-0.3, -0.25) is 0 Å². The topological polar surface area (TPSA) is 9.86 Å². The third-order valence-electron chi connectivity index (χ3n) is 9.83. The minimum Gasteiger partial charge on any atom is -0.309 e. The number of rotatable bonds is 5. The van der Waals surface area contributed by atoms with Crippen LogP contribution in [0, 0.1) is 0 Å². The van der Waals surface area contributed by atoms with Gasteiger partial charge in [-0.25, -0.2) is 0 Å². The number of nitrogens with zero attached hydrogens (tertiary/aromatic N) is 2. The summed E-state index contributed by atoms with van der Waals surface area (Å²) in [5.41, 5.74) is 11.7. The number of para-hydroxylation sites is 3. The molecule has 2 heteroatoms. The van der Waals surface area contributed by atoms with Crippen LogP contribution in [-0.4, -0.2) is 9.13 Å². The smallest absolute Gasteiger partial charge is 0.0645 e. The van der Waals surface area contributed by atoms with Gasteiger partial charge < -0.3 is 9.13 Å². The van der Waals surface area contributed by atoms with Crippen LogP contribution in [0.5, 0.6) is 0 Å². The Morgan fingerprint density at radius 2 is 0.880 bits per heavy atom. The summed E-state index contributed by atoms with van der Waals surface area (Å²) >= 11 is 0.